The Labute approximate surface area is 158 Å². The van der Waals surface area contributed by atoms with Gasteiger partial charge in [0.25, 0.3) is 5.69 Å². The molecule has 6 nitrogen and oxygen atoms in total. The van der Waals surface area contributed by atoms with Gasteiger partial charge in [-0.25, -0.2) is 4.98 Å². The van der Waals surface area contributed by atoms with Crippen molar-refractivity contribution in [1.82, 2.24) is 4.98 Å². The molecule has 8 heteroatoms. The van der Waals surface area contributed by atoms with E-state index in [-0.39, 0.29) is 5.69 Å². The molecule has 0 amide bonds. The van der Waals surface area contributed by atoms with Crippen LogP contribution in [0.1, 0.15) is 5.01 Å². The third kappa shape index (κ3) is 3.88. The maximum absolute atomic E-state index is 10.9. The van der Waals surface area contributed by atoms with E-state index >= 15 is 0 Å². The minimum Gasteiger partial charge on any atom is -0.359 e. The Morgan fingerprint density at radius 1 is 1.31 bits per heavy atom. The number of benzene rings is 2. The van der Waals surface area contributed by atoms with Crippen molar-refractivity contribution in [2.75, 3.05) is 5.32 Å². The highest BCUT2D eigenvalue weighted by atomic mass is 35.5. The molecule has 0 spiro atoms. The molecular formula is C18H11ClN4O2S. The predicted octanol–water partition coefficient (Wildman–Crippen LogP) is 5.35. The lowest BCUT2D eigenvalue weighted by Gasteiger charge is -2.03. The van der Waals surface area contributed by atoms with E-state index in [4.69, 9.17) is 11.6 Å². The average Bonchev–Trinajstić information content (AvgIpc) is 3.14. The van der Waals surface area contributed by atoms with Crippen LogP contribution in [0.25, 0.3) is 16.8 Å². The fourth-order valence-corrected chi connectivity index (χ4v) is 3.16. The Morgan fingerprint density at radius 3 is 2.85 bits per heavy atom. The number of halogens is 1. The van der Waals surface area contributed by atoms with E-state index in [1.165, 1.54) is 29.7 Å². The lowest BCUT2D eigenvalue weighted by atomic mass is 10.1. The summed E-state index contributed by atoms with van der Waals surface area (Å²) < 4.78 is 0. The molecular weight excluding hydrogens is 372 g/mol. The third-order valence-electron chi connectivity index (χ3n) is 3.45. The Kier molecular flexibility index (Phi) is 5.27. The van der Waals surface area contributed by atoms with Gasteiger partial charge in [-0.1, -0.05) is 35.9 Å². The number of nitro groups is 1. The Bertz CT molecular complexity index is 1040. The molecule has 0 atom stereocenters. The molecule has 26 heavy (non-hydrogen) atoms. The summed E-state index contributed by atoms with van der Waals surface area (Å²) in [5, 5.41) is 26.1. The molecule has 0 saturated heterocycles. The molecule has 0 aliphatic heterocycles. The van der Waals surface area contributed by atoms with Crippen LogP contribution in [0.2, 0.25) is 5.02 Å². The van der Waals surface area contributed by atoms with Crippen molar-refractivity contribution in [2.45, 2.75) is 0 Å². The zero-order chi connectivity index (χ0) is 18.5. The highest BCUT2D eigenvalue weighted by Crippen LogP contribution is 2.28. The fraction of sp³-hybridized carbons (Fsp3) is 0. The summed E-state index contributed by atoms with van der Waals surface area (Å²) in [6, 6.07) is 15.5. The van der Waals surface area contributed by atoms with Crippen LogP contribution in [0.5, 0.6) is 0 Å². The number of aromatic nitrogens is 1. The van der Waals surface area contributed by atoms with Crippen LogP contribution in [-0.2, 0) is 0 Å². The molecule has 0 fully saturated rings. The second-order valence-corrected chi connectivity index (χ2v) is 6.40. The number of rotatable bonds is 5. The number of non-ortho nitro benzene ring substituents is 1. The Hall–Kier alpha value is -3.21. The average molecular weight is 383 g/mol. The van der Waals surface area contributed by atoms with E-state index in [0.717, 1.165) is 0 Å². The van der Waals surface area contributed by atoms with Crippen LogP contribution in [-0.4, -0.2) is 9.91 Å². The van der Waals surface area contributed by atoms with Crippen LogP contribution in [0, 0.1) is 21.4 Å². The topological polar surface area (TPSA) is 91.8 Å². The number of hydrogen-bond donors (Lipinski definition) is 1. The summed E-state index contributed by atoms with van der Waals surface area (Å²) in [6.45, 7) is 0. The maximum Gasteiger partial charge on any atom is 0.270 e. The second-order valence-electron chi connectivity index (χ2n) is 5.14. The van der Waals surface area contributed by atoms with E-state index in [2.05, 4.69) is 16.4 Å². The van der Waals surface area contributed by atoms with Crippen LogP contribution < -0.4 is 5.32 Å². The SMILES string of the molecule is N#C/C(=C\Nc1ccccc1Cl)c1nc(-c2cccc([N+](=O)[O-])c2)cs1. The first-order valence-corrected chi connectivity index (χ1v) is 8.66. The smallest absolute Gasteiger partial charge is 0.270 e. The van der Waals surface area contributed by atoms with Crippen molar-refractivity contribution in [3.05, 3.63) is 80.3 Å². The normalized spacial score (nSPS) is 11.0. The second kappa shape index (κ2) is 7.78. The van der Waals surface area contributed by atoms with Crippen LogP contribution in [0.3, 0.4) is 0 Å². The summed E-state index contributed by atoms with van der Waals surface area (Å²) in [4.78, 5) is 14.9. The molecule has 2 aromatic carbocycles. The van der Waals surface area contributed by atoms with Gasteiger partial charge in [0.05, 0.1) is 21.3 Å². The van der Waals surface area contributed by atoms with Crippen molar-refractivity contribution >= 4 is 39.9 Å². The fourth-order valence-electron chi connectivity index (χ4n) is 2.18. The van der Waals surface area contributed by atoms with Crippen molar-refractivity contribution < 1.29 is 4.92 Å². The van der Waals surface area contributed by atoms with Crippen molar-refractivity contribution in [3.63, 3.8) is 0 Å². The molecule has 1 aromatic heterocycles. The van der Waals surface area contributed by atoms with Crippen LogP contribution in [0.4, 0.5) is 11.4 Å². The first-order chi connectivity index (χ1) is 12.6. The molecule has 0 aliphatic rings. The van der Waals surface area contributed by atoms with Gasteiger partial charge in [-0.15, -0.1) is 11.3 Å². The number of para-hydroxylation sites is 1. The standard InChI is InChI=1S/C18H11ClN4O2S/c19-15-6-1-2-7-16(15)21-10-13(9-20)18-22-17(11-26-18)12-4-3-5-14(8-12)23(24)25/h1-8,10-11,21H/b13-10+. The summed E-state index contributed by atoms with van der Waals surface area (Å²) >= 11 is 7.36. The molecule has 0 aliphatic carbocycles. The lowest BCUT2D eigenvalue weighted by Crippen LogP contribution is -1.92. The van der Waals surface area contributed by atoms with Gasteiger partial charge < -0.3 is 5.32 Å². The minimum absolute atomic E-state index is 0.00603. The van der Waals surface area contributed by atoms with Crippen molar-refractivity contribution in [2.24, 2.45) is 0 Å². The number of nitriles is 1. The summed E-state index contributed by atoms with van der Waals surface area (Å²) in [5.74, 6) is 0. The van der Waals surface area contributed by atoms with E-state index in [1.807, 2.05) is 12.1 Å². The van der Waals surface area contributed by atoms with Crippen molar-refractivity contribution in [3.8, 4) is 17.3 Å². The molecule has 0 unspecified atom stereocenters. The van der Waals surface area contributed by atoms with Gasteiger partial charge in [0.15, 0.2) is 0 Å². The number of nitrogens with zero attached hydrogens (tertiary/aromatic N) is 3. The van der Waals surface area contributed by atoms with E-state index < -0.39 is 4.92 Å². The van der Waals surface area contributed by atoms with Gasteiger partial charge in [-0.3, -0.25) is 10.1 Å². The van der Waals surface area contributed by atoms with Gasteiger partial charge in [0.2, 0.25) is 0 Å². The molecule has 0 radical (unpaired) electrons. The molecule has 0 bridgehead atoms. The summed E-state index contributed by atoms with van der Waals surface area (Å²) in [5.41, 5.74) is 2.21. The monoisotopic (exact) mass is 382 g/mol. The molecule has 0 saturated carbocycles. The summed E-state index contributed by atoms with van der Waals surface area (Å²) in [6.07, 6.45) is 1.54. The summed E-state index contributed by atoms with van der Waals surface area (Å²) in [7, 11) is 0. The highest BCUT2D eigenvalue weighted by Gasteiger charge is 2.12. The number of thiazole rings is 1. The zero-order valence-electron chi connectivity index (χ0n) is 13.2. The van der Waals surface area contributed by atoms with Gasteiger partial charge in [-0.05, 0) is 12.1 Å². The first kappa shape index (κ1) is 17.6. The van der Waals surface area contributed by atoms with Crippen LogP contribution in [0.15, 0.2) is 60.1 Å². The number of hydrogen-bond acceptors (Lipinski definition) is 6. The molecule has 1 N–H and O–H groups in total. The van der Waals surface area contributed by atoms with E-state index in [0.29, 0.717) is 32.5 Å². The molecule has 128 valence electrons. The maximum atomic E-state index is 10.9. The van der Waals surface area contributed by atoms with Crippen LogP contribution >= 0.6 is 22.9 Å². The van der Waals surface area contributed by atoms with Gasteiger partial charge in [0.1, 0.15) is 16.6 Å². The largest absolute Gasteiger partial charge is 0.359 e. The molecule has 3 aromatic rings. The minimum atomic E-state index is -0.453. The molecule has 1 heterocycles. The molecule has 3 rings (SSSR count). The van der Waals surface area contributed by atoms with E-state index in [1.54, 1.807) is 29.6 Å². The first-order valence-electron chi connectivity index (χ1n) is 7.40. The quantitative estimate of drug-likeness (QED) is 0.365. The van der Waals surface area contributed by atoms with Gasteiger partial charge >= 0.3 is 0 Å². The van der Waals surface area contributed by atoms with Gasteiger partial charge in [0, 0.05) is 29.3 Å². The number of nitro benzene ring substituents is 1. The van der Waals surface area contributed by atoms with Crippen molar-refractivity contribution in [1.29, 1.82) is 5.26 Å². The highest BCUT2D eigenvalue weighted by molar-refractivity contribution is 7.11. The third-order valence-corrected chi connectivity index (χ3v) is 4.66. The zero-order valence-corrected chi connectivity index (χ0v) is 14.8. The number of allylic oxidation sites excluding steroid dienone is 1. The van der Waals surface area contributed by atoms with E-state index in [9.17, 15) is 15.4 Å². The Balaban J connectivity index is 1.87. The number of anilines is 1. The predicted molar refractivity (Wildman–Crippen MR) is 103 cm³/mol. The Morgan fingerprint density at radius 2 is 2.12 bits per heavy atom. The lowest BCUT2D eigenvalue weighted by molar-refractivity contribution is -0.384. The number of nitrogens with one attached hydrogen (secondary N) is 1. The van der Waals surface area contributed by atoms with Gasteiger partial charge in [-0.2, -0.15) is 5.26 Å².